The lowest BCUT2D eigenvalue weighted by Crippen LogP contribution is -2.19. The lowest BCUT2D eigenvalue weighted by Gasteiger charge is -2.02. The van der Waals surface area contributed by atoms with E-state index in [0.717, 1.165) is 11.3 Å². The van der Waals surface area contributed by atoms with Crippen LogP contribution in [0, 0.1) is 12.3 Å². The number of carbonyl (C=O) groups excluding carboxylic acids is 1. The number of benzene rings is 2. The Morgan fingerprint density at radius 3 is 2.62 bits per heavy atom. The monoisotopic (exact) mass is 334 g/mol. The maximum absolute atomic E-state index is 12.1. The zero-order valence-electron chi connectivity index (χ0n) is 12.7. The quantitative estimate of drug-likeness (QED) is 0.687. The van der Waals surface area contributed by atoms with Gasteiger partial charge in [-0.05, 0) is 47.7 Å². The molecule has 0 spiro atoms. The highest BCUT2D eigenvalue weighted by Crippen LogP contribution is 2.28. The molecule has 1 N–H and O–H groups in total. The Morgan fingerprint density at radius 1 is 1.17 bits per heavy atom. The highest BCUT2D eigenvalue weighted by Gasteiger charge is 2.23. The number of terminal acetylenes is 1. The first kappa shape index (κ1) is 15.9. The minimum absolute atomic E-state index is 0.151. The summed E-state index contributed by atoms with van der Waals surface area (Å²) in [4.78, 5) is 17.1. The van der Waals surface area contributed by atoms with Gasteiger partial charge in [-0.1, -0.05) is 36.3 Å². The molecule has 0 atom stereocenters. The number of thioether (sulfide) groups is 1. The fraction of sp³-hybridized carbons (Fsp3) is 0.0526. The van der Waals surface area contributed by atoms with Crippen LogP contribution in [0.15, 0.2) is 64.5 Å². The number of amidine groups is 1. The van der Waals surface area contributed by atoms with Gasteiger partial charge in [0, 0.05) is 0 Å². The van der Waals surface area contributed by atoms with Gasteiger partial charge in [-0.25, -0.2) is 4.99 Å². The van der Waals surface area contributed by atoms with Gasteiger partial charge in [0.2, 0.25) is 0 Å². The van der Waals surface area contributed by atoms with Gasteiger partial charge in [-0.3, -0.25) is 4.79 Å². The minimum Gasteiger partial charge on any atom is -0.481 e. The van der Waals surface area contributed by atoms with E-state index in [9.17, 15) is 4.79 Å². The molecule has 0 bridgehead atoms. The Balaban J connectivity index is 1.73. The van der Waals surface area contributed by atoms with E-state index in [1.165, 1.54) is 11.8 Å². The van der Waals surface area contributed by atoms with Crippen LogP contribution in [-0.2, 0) is 4.79 Å². The summed E-state index contributed by atoms with van der Waals surface area (Å²) in [6, 6.07) is 16.9. The standard InChI is InChI=1S/C19H14N2O2S/c1-2-12-23-16-10-8-14(9-11-16)13-17-18(22)21-19(24-17)20-15-6-4-3-5-7-15/h1,3-11,13H,12H2,(H,20,21,22). The molecule has 1 aliphatic heterocycles. The number of hydrogen-bond acceptors (Lipinski definition) is 4. The van der Waals surface area contributed by atoms with E-state index in [0.29, 0.717) is 15.8 Å². The van der Waals surface area contributed by atoms with Gasteiger partial charge in [-0.2, -0.15) is 0 Å². The molecule has 5 heteroatoms. The summed E-state index contributed by atoms with van der Waals surface area (Å²) in [7, 11) is 0. The van der Waals surface area contributed by atoms with Crippen molar-refractivity contribution in [2.24, 2.45) is 4.99 Å². The van der Waals surface area contributed by atoms with Crippen molar-refractivity contribution < 1.29 is 9.53 Å². The van der Waals surface area contributed by atoms with Crippen molar-refractivity contribution in [2.75, 3.05) is 6.61 Å². The lowest BCUT2D eigenvalue weighted by molar-refractivity contribution is -0.115. The molecule has 1 aliphatic rings. The predicted molar refractivity (Wildman–Crippen MR) is 98.0 cm³/mol. The average molecular weight is 334 g/mol. The normalized spacial score (nSPS) is 16.9. The van der Waals surface area contributed by atoms with E-state index < -0.39 is 0 Å². The van der Waals surface area contributed by atoms with Gasteiger partial charge >= 0.3 is 0 Å². The van der Waals surface area contributed by atoms with Crippen LogP contribution in [0.5, 0.6) is 5.75 Å². The molecule has 4 nitrogen and oxygen atoms in total. The predicted octanol–water partition coefficient (Wildman–Crippen LogP) is 3.59. The summed E-state index contributed by atoms with van der Waals surface area (Å²) in [6.07, 6.45) is 6.97. The number of nitrogens with one attached hydrogen (secondary N) is 1. The second-order valence-corrected chi connectivity index (χ2v) is 5.91. The number of para-hydroxylation sites is 1. The van der Waals surface area contributed by atoms with E-state index >= 15 is 0 Å². The third kappa shape index (κ3) is 4.06. The molecule has 0 unspecified atom stereocenters. The van der Waals surface area contributed by atoms with E-state index in [-0.39, 0.29) is 12.5 Å². The molecular formula is C19H14N2O2S. The third-order valence-electron chi connectivity index (χ3n) is 3.14. The molecular weight excluding hydrogens is 320 g/mol. The fourth-order valence-electron chi connectivity index (χ4n) is 2.04. The zero-order valence-corrected chi connectivity index (χ0v) is 13.5. The van der Waals surface area contributed by atoms with Crippen LogP contribution in [0.2, 0.25) is 0 Å². The molecule has 118 valence electrons. The maximum Gasteiger partial charge on any atom is 0.264 e. The van der Waals surface area contributed by atoms with E-state index in [2.05, 4.69) is 16.2 Å². The number of hydrogen-bond donors (Lipinski definition) is 1. The number of amides is 1. The van der Waals surface area contributed by atoms with Gasteiger partial charge in [0.15, 0.2) is 5.17 Å². The van der Waals surface area contributed by atoms with Crippen LogP contribution in [0.4, 0.5) is 5.69 Å². The van der Waals surface area contributed by atoms with E-state index in [4.69, 9.17) is 11.2 Å². The van der Waals surface area contributed by atoms with Gasteiger partial charge < -0.3 is 10.1 Å². The first-order valence-corrected chi connectivity index (χ1v) is 8.07. The molecule has 0 radical (unpaired) electrons. The van der Waals surface area contributed by atoms with Crippen molar-refractivity contribution in [2.45, 2.75) is 0 Å². The molecule has 3 rings (SSSR count). The fourth-order valence-corrected chi connectivity index (χ4v) is 2.88. The lowest BCUT2D eigenvalue weighted by atomic mass is 10.2. The van der Waals surface area contributed by atoms with E-state index in [1.54, 1.807) is 0 Å². The number of ether oxygens (including phenoxy) is 1. The number of aliphatic imine (C=N–C) groups is 1. The first-order valence-electron chi connectivity index (χ1n) is 7.25. The second-order valence-electron chi connectivity index (χ2n) is 4.88. The molecule has 1 fully saturated rings. The summed E-state index contributed by atoms with van der Waals surface area (Å²) in [5, 5.41) is 3.35. The molecule has 1 amide bonds. The van der Waals surface area contributed by atoms with E-state index in [1.807, 2.05) is 60.7 Å². The van der Waals surface area contributed by atoms with Crippen molar-refractivity contribution in [3.63, 3.8) is 0 Å². The topological polar surface area (TPSA) is 50.7 Å². The van der Waals surface area contributed by atoms with Crippen LogP contribution in [0.3, 0.4) is 0 Å². The maximum atomic E-state index is 12.1. The summed E-state index contributed by atoms with van der Waals surface area (Å²) in [5.41, 5.74) is 1.71. The highest BCUT2D eigenvalue weighted by atomic mass is 32.2. The van der Waals surface area contributed by atoms with Crippen LogP contribution in [-0.4, -0.2) is 17.7 Å². The molecule has 2 aromatic rings. The van der Waals surface area contributed by atoms with Crippen molar-refractivity contribution in [1.82, 2.24) is 5.32 Å². The minimum atomic E-state index is -0.151. The number of nitrogens with zero attached hydrogens (tertiary/aromatic N) is 1. The largest absolute Gasteiger partial charge is 0.481 e. The van der Waals surface area contributed by atoms with Crippen molar-refractivity contribution >= 4 is 34.6 Å². The molecule has 1 heterocycles. The van der Waals surface area contributed by atoms with Crippen molar-refractivity contribution in [3.05, 3.63) is 65.1 Å². The van der Waals surface area contributed by atoms with Crippen LogP contribution in [0.1, 0.15) is 5.56 Å². The average Bonchev–Trinajstić information content (AvgIpc) is 2.94. The Labute approximate surface area is 144 Å². The van der Waals surface area contributed by atoms with Gasteiger partial charge in [0.05, 0.1) is 10.6 Å². The van der Waals surface area contributed by atoms with Crippen molar-refractivity contribution in [1.29, 1.82) is 0 Å². The zero-order chi connectivity index (χ0) is 16.8. The molecule has 1 saturated heterocycles. The molecule has 0 saturated carbocycles. The summed E-state index contributed by atoms with van der Waals surface area (Å²) >= 11 is 1.32. The summed E-state index contributed by atoms with van der Waals surface area (Å²) in [6.45, 7) is 0.234. The Morgan fingerprint density at radius 2 is 1.92 bits per heavy atom. The van der Waals surface area contributed by atoms with Crippen LogP contribution in [0.25, 0.3) is 6.08 Å². The SMILES string of the molecule is C#CCOc1ccc(C=C2SC(=Nc3ccccc3)NC2=O)cc1. The Bertz CT molecular complexity index is 834. The smallest absolute Gasteiger partial charge is 0.264 e. The second kappa shape index (κ2) is 7.53. The van der Waals surface area contributed by atoms with Gasteiger partial charge in [-0.15, -0.1) is 6.42 Å². The molecule has 0 aliphatic carbocycles. The molecule has 0 aromatic heterocycles. The third-order valence-corrected chi connectivity index (χ3v) is 4.05. The number of carbonyl (C=O) groups is 1. The molecule has 24 heavy (non-hydrogen) atoms. The Hall–Kier alpha value is -2.97. The first-order chi connectivity index (χ1) is 11.7. The van der Waals surface area contributed by atoms with Gasteiger partial charge in [0.25, 0.3) is 5.91 Å². The number of rotatable bonds is 4. The Kier molecular flexibility index (Phi) is 4.99. The van der Waals surface area contributed by atoms with Crippen molar-refractivity contribution in [3.8, 4) is 18.1 Å². The summed E-state index contributed by atoms with van der Waals surface area (Å²) in [5.74, 6) is 2.96. The summed E-state index contributed by atoms with van der Waals surface area (Å²) < 4.78 is 5.32. The highest BCUT2D eigenvalue weighted by molar-refractivity contribution is 8.18. The molecule has 2 aromatic carbocycles. The van der Waals surface area contributed by atoms with Crippen LogP contribution >= 0.6 is 11.8 Å². The van der Waals surface area contributed by atoms with Crippen LogP contribution < -0.4 is 10.1 Å². The van der Waals surface area contributed by atoms with Gasteiger partial charge in [0.1, 0.15) is 12.4 Å².